The summed E-state index contributed by atoms with van der Waals surface area (Å²) in [5.74, 6) is -2.25. The molecule has 5 fully saturated rings. The Bertz CT molecular complexity index is 1230. The van der Waals surface area contributed by atoms with E-state index < -0.39 is 34.5 Å². The molecule has 2 aromatic rings. The SMILES string of the molecule is Cc1nc(NC(=O)[C@H]2CCO[C@@H](c3cnn(C4CC4)c3)C2)c(C(=O)C23CC(C(F)(F)F)(C2)C3)cc1F. The number of hydrogen-bond acceptors (Lipinski definition) is 5. The van der Waals surface area contributed by atoms with Crippen LogP contribution in [0, 0.1) is 29.5 Å². The molecular formula is C25H26F4N4O3. The number of rotatable bonds is 6. The lowest BCUT2D eigenvalue weighted by Crippen LogP contribution is -2.70. The van der Waals surface area contributed by atoms with E-state index in [0.29, 0.717) is 25.5 Å². The second kappa shape index (κ2) is 7.84. The first-order chi connectivity index (χ1) is 17.0. The van der Waals surface area contributed by atoms with Crippen LogP contribution in [0.3, 0.4) is 0 Å². The van der Waals surface area contributed by atoms with Crippen LogP contribution in [0.25, 0.3) is 0 Å². The van der Waals surface area contributed by atoms with Crippen molar-refractivity contribution in [1.29, 1.82) is 0 Å². The van der Waals surface area contributed by atoms with Gasteiger partial charge in [0.15, 0.2) is 5.78 Å². The van der Waals surface area contributed by atoms with Crippen LogP contribution in [0.5, 0.6) is 0 Å². The molecule has 11 heteroatoms. The van der Waals surface area contributed by atoms with Gasteiger partial charge in [0, 0.05) is 29.7 Å². The first kappa shape index (κ1) is 23.6. The molecule has 2 bridgehead atoms. The van der Waals surface area contributed by atoms with Gasteiger partial charge in [-0.05, 0) is 57.9 Å². The van der Waals surface area contributed by atoms with E-state index in [1.54, 1.807) is 6.20 Å². The summed E-state index contributed by atoms with van der Waals surface area (Å²) in [6, 6.07) is 1.41. The molecule has 2 atom stereocenters. The fourth-order valence-corrected chi connectivity index (χ4v) is 6.01. The molecule has 3 heterocycles. The Hall–Kier alpha value is -2.82. The molecule has 2 aromatic heterocycles. The monoisotopic (exact) mass is 506 g/mol. The number of ketones is 1. The van der Waals surface area contributed by atoms with Gasteiger partial charge in [-0.15, -0.1) is 0 Å². The Morgan fingerprint density at radius 1 is 1.19 bits per heavy atom. The Morgan fingerprint density at radius 3 is 2.58 bits per heavy atom. The van der Waals surface area contributed by atoms with Crippen molar-refractivity contribution in [3.8, 4) is 0 Å². The van der Waals surface area contributed by atoms with E-state index in [9.17, 15) is 27.2 Å². The van der Waals surface area contributed by atoms with Gasteiger partial charge >= 0.3 is 6.18 Å². The Labute approximate surface area is 204 Å². The number of ether oxygens (including phenoxy) is 1. The fraction of sp³-hybridized carbons (Fsp3) is 0.600. The van der Waals surface area contributed by atoms with Gasteiger partial charge in [-0.3, -0.25) is 14.3 Å². The number of aromatic nitrogens is 3. The molecule has 192 valence electrons. The van der Waals surface area contributed by atoms with Gasteiger partial charge in [0.2, 0.25) is 5.91 Å². The Balaban J connectivity index is 1.18. The maximum Gasteiger partial charge on any atom is 0.394 e. The minimum absolute atomic E-state index is 0.0106. The number of amides is 1. The number of nitrogens with zero attached hydrogens (tertiary/aromatic N) is 3. The van der Waals surface area contributed by atoms with Gasteiger partial charge in [-0.25, -0.2) is 9.37 Å². The molecule has 1 N–H and O–H groups in total. The molecule has 7 rings (SSSR count). The first-order valence-electron chi connectivity index (χ1n) is 12.3. The summed E-state index contributed by atoms with van der Waals surface area (Å²) in [5.41, 5.74) is -2.26. The third kappa shape index (κ3) is 3.65. The van der Waals surface area contributed by atoms with Gasteiger partial charge in [0.25, 0.3) is 0 Å². The van der Waals surface area contributed by atoms with E-state index in [1.807, 2.05) is 10.9 Å². The lowest BCUT2D eigenvalue weighted by Gasteiger charge is -2.69. The summed E-state index contributed by atoms with van der Waals surface area (Å²) in [6.07, 6.45) is 1.18. The largest absolute Gasteiger partial charge is 0.394 e. The molecule has 7 nitrogen and oxygen atoms in total. The van der Waals surface area contributed by atoms with Crippen LogP contribution >= 0.6 is 0 Å². The zero-order chi connectivity index (χ0) is 25.5. The molecule has 4 saturated carbocycles. The second-order valence-corrected chi connectivity index (χ2v) is 10.9. The maximum absolute atomic E-state index is 14.4. The summed E-state index contributed by atoms with van der Waals surface area (Å²) >= 11 is 0. The predicted molar refractivity (Wildman–Crippen MR) is 119 cm³/mol. The second-order valence-electron chi connectivity index (χ2n) is 10.9. The van der Waals surface area contributed by atoms with Gasteiger partial charge in [-0.1, -0.05) is 0 Å². The molecule has 1 amide bonds. The number of anilines is 1. The highest BCUT2D eigenvalue weighted by atomic mass is 19.4. The molecule has 0 spiro atoms. The van der Waals surface area contributed by atoms with Crippen LogP contribution in [0.4, 0.5) is 23.4 Å². The Morgan fingerprint density at radius 2 is 1.92 bits per heavy atom. The average molecular weight is 507 g/mol. The topological polar surface area (TPSA) is 86.1 Å². The van der Waals surface area contributed by atoms with Crippen molar-refractivity contribution >= 4 is 17.5 Å². The van der Waals surface area contributed by atoms with Crippen molar-refractivity contribution in [2.24, 2.45) is 16.7 Å². The molecule has 36 heavy (non-hydrogen) atoms. The summed E-state index contributed by atoms with van der Waals surface area (Å²) in [6.45, 7) is 1.77. The fourth-order valence-electron chi connectivity index (χ4n) is 6.01. The number of Topliss-reactive ketones (excluding diaryl/α,β-unsaturated/α-hetero) is 1. The van der Waals surface area contributed by atoms with E-state index in [2.05, 4.69) is 15.4 Å². The number of aryl methyl sites for hydroxylation is 1. The molecule has 0 unspecified atom stereocenters. The van der Waals surface area contributed by atoms with Crippen molar-refractivity contribution < 1.29 is 31.9 Å². The number of hydrogen-bond donors (Lipinski definition) is 1. The summed E-state index contributed by atoms with van der Waals surface area (Å²) in [7, 11) is 0. The van der Waals surface area contributed by atoms with Crippen LogP contribution in [-0.2, 0) is 9.53 Å². The maximum atomic E-state index is 14.4. The number of halogens is 4. The van der Waals surface area contributed by atoms with Gasteiger partial charge in [0.1, 0.15) is 11.6 Å². The highest BCUT2D eigenvalue weighted by molar-refractivity contribution is 6.08. The zero-order valence-electron chi connectivity index (χ0n) is 19.7. The molecule has 0 aromatic carbocycles. The smallest absolute Gasteiger partial charge is 0.373 e. The standard InChI is InChI=1S/C25H26F4N4O3/c1-13-18(26)7-17(20(34)23-10-24(11-23,12-23)25(27,28)29)21(31-13)32-22(35)14-4-5-36-19(6-14)15-8-30-33(9-15)16-2-3-16/h7-9,14,16,19H,2-6,10-12H2,1H3,(H,31,32,35)/t14-,19+,23?,24?/m0/s1. The van der Waals surface area contributed by atoms with Gasteiger partial charge in [-0.2, -0.15) is 18.3 Å². The lowest BCUT2D eigenvalue weighted by atomic mass is 9.33. The number of pyridine rings is 1. The minimum Gasteiger partial charge on any atom is -0.373 e. The highest BCUT2D eigenvalue weighted by Gasteiger charge is 2.80. The molecule has 1 aliphatic heterocycles. The number of carbonyl (C=O) groups is 2. The first-order valence-corrected chi connectivity index (χ1v) is 12.3. The van der Waals surface area contributed by atoms with E-state index in [0.717, 1.165) is 24.5 Å². The molecular weight excluding hydrogens is 480 g/mol. The van der Waals surface area contributed by atoms with Crippen molar-refractivity contribution in [1.82, 2.24) is 14.8 Å². The minimum atomic E-state index is -4.36. The zero-order valence-corrected chi connectivity index (χ0v) is 19.7. The summed E-state index contributed by atoms with van der Waals surface area (Å²) in [5, 5.41) is 7.06. The number of alkyl halides is 3. The Kier molecular flexibility index (Phi) is 5.13. The van der Waals surface area contributed by atoms with Gasteiger partial charge < -0.3 is 10.1 Å². The number of carbonyl (C=O) groups excluding carboxylic acids is 2. The molecule has 1 saturated heterocycles. The van der Waals surface area contributed by atoms with Crippen molar-refractivity contribution in [3.63, 3.8) is 0 Å². The molecule has 0 radical (unpaired) electrons. The quantitative estimate of drug-likeness (QED) is 0.436. The van der Waals surface area contributed by atoms with Crippen LogP contribution < -0.4 is 5.32 Å². The van der Waals surface area contributed by atoms with Crippen LogP contribution in [0.15, 0.2) is 18.5 Å². The molecule has 5 aliphatic rings. The van der Waals surface area contributed by atoms with Crippen molar-refractivity contribution in [2.45, 2.75) is 70.2 Å². The third-order valence-electron chi connectivity index (χ3n) is 8.32. The van der Waals surface area contributed by atoms with E-state index in [-0.39, 0.29) is 48.3 Å². The van der Waals surface area contributed by atoms with Crippen LogP contribution in [0.2, 0.25) is 0 Å². The van der Waals surface area contributed by atoms with Crippen molar-refractivity contribution in [3.05, 3.63) is 41.1 Å². The number of nitrogens with one attached hydrogen (secondary N) is 1. The average Bonchev–Trinajstić information content (AvgIpc) is 3.49. The van der Waals surface area contributed by atoms with E-state index in [1.165, 1.54) is 6.92 Å². The van der Waals surface area contributed by atoms with Crippen LogP contribution in [-0.4, -0.2) is 39.2 Å². The predicted octanol–water partition coefficient (Wildman–Crippen LogP) is 5.08. The van der Waals surface area contributed by atoms with Crippen LogP contribution in [0.1, 0.15) is 78.7 Å². The van der Waals surface area contributed by atoms with Crippen molar-refractivity contribution in [2.75, 3.05) is 11.9 Å². The summed E-state index contributed by atoms with van der Waals surface area (Å²) in [4.78, 5) is 30.5. The lowest BCUT2D eigenvalue weighted by molar-refractivity contribution is -0.346. The summed E-state index contributed by atoms with van der Waals surface area (Å²) < 4.78 is 62.0. The highest BCUT2D eigenvalue weighted by Crippen LogP contribution is 2.79. The van der Waals surface area contributed by atoms with E-state index >= 15 is 0 Å². The molecule has 4 aliphatic carbocycles. The normalized spacial score (nSPS) is 31.4. The van der Waals surface area contributed by atoms with Gasteiger partial charge in [0.05, 0.1) is 35.0 Å². The van der Waals surface area contributed by atoms with E-state index in [4.69, 9.17) is 4.74 Å². The third-order valence-corrected chi connectivity index (χ3v) is 8.32.